The highest BCUT2D eigenvalue weighted by Gasteiger charge is 2.33. The minimum absolute atomic E-state index is 0.0242. The van der Waals surface area contributed by atoms with Crippen molar-refractivity contribution in [2.45, 2.75) is 78.4 Å². The first-order valence-electron chi connectivity index (χ1n) is 13.1. The van der Waals surface area contributed by atoms with Crippen LogP contribution in [-0.2, 0) is 11.3 Å². The SMILES string of the molecule is CCn1cc(C(=O)NC2C=CC(c3cc(N(C(=O)[C@H]4CC[C@H](C)CC4)C(C)C)c(C(=O)O)s3)=CC2)cn1. The molecule has 0 aromatic carbocycles. The minimum Gasteiger partial charge on any atom is -0.477 e. The Labute approximate surface area is 222 Å². The van der Waals surface area contributed by atoms with Gasteiger partial charge in [0, 0.05) is 29.6 Å². The second-order valence-electron chi connectivity index (χ2n) is 10.3. The number of nitrogens with one attached hydrogen (secondary N) is 1. The number of carboxylic acids is 1. The number of aromatic carboxylic acids is 1. The Morgan fingerprint density at radius 2 is 1.97 bits per heavy atom. The fourth-order valence-electron chi connectivity index (χ4n) is 5.03. The standard InChI is InChI=1S/C28H36N4O4S/c1-5-31-16-21(15-29-31)26(33)30-22-12-10-19(11-13-22)24-14-23(25(37-24)28(35)36)32(17(2)3)27(34)20-8-6-18(4)7-9-20/h10-12,14-18,20,22H,5-9,13H2,1-4H3,(H,30,33)(H,35,36)/t18-,20-,22?. The molecular weight excluding hydrogens is 488 g/mol. The van der Waals surface area contributed by atoms with Crippen LogP contribution in [0.5, 0.6) is 0 Å². The summed E-state index contributed by atoms with van der Waals surface area (Å²) in [4.78, 5) is 41.0. The number of hydrogen-bond acceptors (Lipinski definition) is 5. The summed E-state index contributed by atoms with van der Waals surface area (Å²) < 4.78 is 1.71. The zero-order chi connectivity index (χ0) is 26.7. The van der Waals surface area contributed by atoms with E-state index in [9.17, 15) is 19.5 Å². The highest BCUT2D eigenvalue weighted by Crippen LogP contribution is 2.39. The average molecular weight is 525 g/mol. The zero-order valence-electron chi connectivity index (χ0n) is 21.9. The van der Waals surface area contributed by atoms with E-state index in [1.54, 1.807) is 22.0 Å². The molecule has 2 heterocycles. The summed E-state index contributed by atoms with van der Waals surface area (Å²) in [7, 11) is 0. The molecule has 1 saturated carbocycles. The molecule has 0 aliphatic heterocycles. The van der Waals surface area contributed by atoms with Gasteiger partial charge in [0.2, 0.25) is 5.91 Å². The van der Waals surface area contributed by atoms with E-state index >= 15 is 0 Å². The van der Waals surface area contributed by atoms with Crippen LogP contribution in [0.25, 0.3) is 5.57 Å². The van der Waals surface area contributed by atoms with Gasteiger partial charge in [-0.1, -0.05) is 25.2 Å². The molecule has 198 valence electrons. The van der Waals surface area contributed by atoms with Gasteiger partial charge in [-0.2, -0.15) is 5.10 Å². The summed E-state index contributed by atoms with van der Waals surface area (Å²) in [6, 6.07) is 1.52. The molecule has 8 nitrogen and oxygen atoms in total. The minimum atomic E-state index is -1.03. The topological polar surface area (TPSA) is 105 Å². The molecule has 2 aromatic heterocycles. The Morgan fingerprint density at radius 1 is 1.24 bits per heavy atom. The number of hydrogen-bond donors (Lipinski definition) is 2. The summed E-state index contributed by atoms with van der Waals surface area (Å²) in [5.41, 5.74) is 1.89. The molecule has 2 aliphatic carbocycles. The third kappa shape index (κ3) is 6.04. The molecule has 0 bridgehead atoms. The summed E-state index contributed by atoms with van der Waals surface area (Å²) >= 11 is 1.19. The molecule has 1 fully saturated rings. The lowest BCUT2D eigenvalue weighted by molar-refractivity contribution is -0.123. The van der Waals surface area contributed by atoms with Gasteiger partial charge < -0.3 is 15.3 Å². The van der Waals surface area contributed by atoms with Crippen LogP contribution in [-0.4, -0.2) is 44.8 Å². The van der Waals surface area contributed by atoms with Crippen molar-refractivity contribution < 1.29 is 19.5 Å². The lowest BCUT2D eigenvalue weighted by Gasteiger charge is -2.33. The van der Waals surface area contributed by atoms with Gasteiger partial charge in [0.1, 0.15) is 4.88 Å². The predicted octanol–water partition coefficient (Wildman–Crippen LogP) is 5.37. The van der Waals surface area contributed by atoms with Crippen molar-refractivity contribution in [3.05, 3.63) is 52.0 Å². The van der Waals surface area contributed by atoms with Crippen molar-refractivity contribution >= 4 is 40.4 Å². The molecule has 2 N–H and O–H groups in total. The van der Waals surface area contributed by atoms with E-state index in [2.05, 4.69) is 17.3 Å². The molecule has 37 heavy (non-hydrogen) atoms. The molecular formula is C28H36N4O4S. The first-order valence-corrected chi connectivity index (χ1v) is 13.9. The van der Waals surface area contributed by atoms with Crippen molar-refractivity contribution in [1.29, 1.82) is 0 Å². The number of nitrogens with zero attached hydrogens (tertiary/aromatic N) is 3. The van der Waals surface area contributed by atoms with Gasteiger partial charge in [-0.05, 0) is 70.4 Å². The molecule has 0 radical (unpaired) electrons. The van der Waals surface area contributed by atoms with Gasteiger partial charge in [0.25, 0.3) is 5.91 Å². The van der Waals surface area contributed by atoms with E-state index in [4.69, 9.17) is 0 Å². The van der Waals surface area contributed by atoms with Crippen molar-refractivity contribution in [3.8, 4) is 0 Å². The van der Waals surface area contributed by atoms with Crippen LogP contribution in [0.3, 0.4) is 0 Å². The van der Waals surface area contributed by atoms with Gasteiger partial charge in [0.15, 0.2) is 0 Å². The zero-order valence-corrected chi connectivity index (χ0v) is 22.8. The Bertz CT molecular complexity index is 1220. The lowest BCUT2D eigenvalue weighted by atomic mass is 9.82. The van der Waals surface area contributed by atoms with Gasteiger partial charge >= 0.3 is 5.97 Å². The average Bonchev–Trinajstić information content (AvgIpc) is 3.53. The monoisotopic (exact) mass is 524 g/mol. The van der Waals surface area contributed by atoms with Crippen LogP contribution < -0.4 is 10.2 Å². The van der Waals surface area contributed by atoms with Gasteiger partial charge in [-0.15, -0.1) is 11.3 Å². The lowest BCUT2D eigenvalue weighted by Crippen LogP contribution is -2.42. The third-order valence-electron chi connectivity index (χ3n) is 7.21. The fourth-order valence-corrected chi connectivity index (χ4v) is 6.04. The number of carboxylic acid groups (broad SMARTS) is 1. The molecule has 0 spiro atoms. The Morgan fingerprint density at radius 3 is 2.54 bits per heavy atom. The van der Waals surface area contributed by atoms with E-state index in [0.717, 1.165) is 36.1 Å². The number of rotatable bonds is 8. The van der Waals surface area contributed by atoms with Crippen LogP contribution in [0.15, 0.2) is 36.7 Å². The number of anilines is 1. The maximum Gasteiger partial charge on any atom is 0.348 e. The van der Waals surface area contributed by atoms with Crippen molar-refractivity contribution in [3.63, 3.8) is 0 Å². The third-order valence-corrected chi connectivity index (χ3v) is 8.37. The smallest absolute Gasteiger partial charge is 0.348 e. The van der Waals surface area contributed by atoms with Crippen LogP contribution in [0.2, 0.25) is 0 Å². The molecule has 2 aliphatic rings. The summed E-state index contributed by atoms with van der Waals surface area (Å²) in [5.74, 6) is -0.616. The van der Waals surface area contributed by atoms with E-state index in [1.165, 1.54) is 11.3 Å². The molecule has 1 atom stereocenters. The highest BCUT2D eigenvalue weighted by molar-refractivity contribution is 7.15. The van der Waals surface area contributed by atoms with Gasteiger partial charge in [-0.3, -0.25) is 14.3 Å². The Balaban J connectivity index is 1.51. The number of amides is 2. The van der Waals surface area contributed by atoms with Crippen LogP contribution in [0.4, 0.5) is 5.69 Å². The number of carbonyl (C=O) groups excluding carboxylic acids is 2. The second kappa shape index (κ2) is 11.5. The first-order chi connectivity index (χ1) is 17.7. The summed E-state index contributed by atoms with van der Waals surface area (Å²) in [6.07, 6.45) is 13.5. The normalized spacial score (nSPS) is 21.5. The number of allylic oxidation sites excluding steroid dienone is 2. The number of aromatic nitrogens is 2. The molecule has 0 saturated heterocycles. The highest BCUT2D eigenvalue weighted by atomic mass is 32.1. The van der Waals surface area contributed by atoms with Crippen molar-refractivity contribution in [2.24, 2.45) is 11.8 Å². The summed E-state index contributed by atoms with van der Waals surface area (Å²) in [5, 5.41) is 17.1. The van der Waals surface area contributed by atoms with E-state index in [-0.39, 0.29) is 34.7 Å². The molecule has 9 heteroatoms. The van der Waals surface area contributed by atoms with E-state index in [0.29, 0.717) is 30.1 Å². The Hall–Kier alpha value is -3.20. The van der Waals surface area contributed by atoms with Crippen molar-refractivity contribution in [2.75, 3.05) is 4.90 Å². The predicted molar refractivity (Wildman–Crippen MR) is 146 cm³/mol. The maximum absolute atomic E-state index is 13.6. The van der Waals surface area contributed by atoms with Crippen LogP contribution in [0, 0.1) is 11.8 Å². The van der Waals surface area contributed by atoms with E-state index in [1.807, 2.05) is 45.1 Å². The maximum atomic E-state index is 13.6. The van der Waals surface area contributed by atoms with Crippen LogP contribution in [0.1, 0.15) is 84.7 Å². The van der Waals surface area contributed by atoms with Crippen LogP contribution >= 0.6 is 11.3 Å². The van der Waals surface area contributed by atoms with Crippen molar-refractivity contribution in [1.82, 2.24) is 15.1 Å². The van der Waals surface area contributed by atoms with Gasteiger partial charge in [-0.25, -0.2) is 4.79 Å². The molecule has 1 unspecified atom stereocenters. The number of carbonyl (C=O) groups is 3. The Kier molecular flexibility index (Phi) is 8.32. The van der Waals surface area contributed by atoms with Gasteiger partial charge in [0.05, 0.1) is 23.5 Å². The number of thiophene rings is 1. The molecule has 4 rings (SSSR count). The second-order valence-corrected chi connectivity index (χ2v) is 11.4. The van der Waals surface area contributed by atoms with E-state index < -0.39 is 5.97 Å². The largest absolute Gasteiger partial charge is 0.477 e. The summed E-state index contributed by atoms with van der Waals surface area (Å²) in [6.45, 7) is 8.75. The number of aryl methyl sites for hydroxylation is 1. The molecule has 2 amide bonds. The fraction of sp³-hybridized carbons (Fsp3) is 0.500. The first kappa shape index (κ1) is 26.9. The quantitative estimate of drug-likeness (QED) is 0.483. The molecule has 2 aromatic rings.